The number of aryl methyl sites for hydroxylation is 1. The van der Waals surface area contributed by atoms with Crippen LogP contribution in [0.1, 0.15) is 16.1 Å². The van der Waals surface area contributed by atoms with Crippen molar-refractivity contribution in [2.75, 3.05) is 36.8 Å². The van der Waals surface area contributed by atoms with Crippen LogP contribution >= 0.6 is 34.8 Å². The van der Waals surface area contributed by atoms with Crippen molar-refractivity contribution in [3.63, 3.8) is 0 Å². The first-order valence-corrected chi connectivity index (χ1v) is 10.5. The SMILES string of the molecule is Cc1onc(-c2ccccc2Cl)c1C(=O)N1CCN(c2cc(N)c(Cl)cc2Cl)CC1. The fraction of sp³-hybridized carbons (Fsp3) is 0.238. The number of piperazine rings is 1. The van der Waals surface area contributed by atoms with Crippen LogP contribution in [0.25, 0.3) is 11.3 Å². The molecule has 3 aromatic rings. The van der Waals surface area contributed by atoms with Gasteiger partial charge >= 0.3 is 0 Å². The molecular formula is C21H19Cl3N4O2. The Morgan fingerprint density at radius 3 is 2.43 bits per heavy atom. The number of aromatic nitrogens is 1. The molecule has 9 heteroatoms. The number of hydrogen-bond acceptors (Lipinski definition) is 5. The molecule has 1 aromatic heterocycles. The molecule has 2 aromatic carbocycles. The molecule has 1 saturated heterocycles. The standard InChI is InChI=1S/C21H19Cl3N4O2/c1-12-19(20(26-30-12)13-4-2-3-5-14(13)22)21(29)28-8-6-27(7-9-28)18-11-17(25)15(23)10-16(18)24/h2-5,10-11H,6-9,25H2,1H3. The summed E-state index contributed by atoms with van der Waals surface area (Å²) in [5.74, 6) is 0.330. The van der Waals surface area contributed by atoms with Crippen LogP contribution in [0.5, 0.6) is 0 Å². The summed E-state index contributed by atoms with van der Waals surface area (Å²) in [5, 5.41) is 5.56. The number of amides is 1. The van der Waals surface area contributed by atoms with Crippen LogP contribution in [-0.4, -0.2) is 42.1 Å². The highest BCUT2D eigenvalue weighted by molar-refractivity contribution is 6.38. The summed E-state index contributed by atoms with van der Waals surface area (Å²) in [7, 11) is 0. The first kappa shape index (κ1) is 20.8. The minimum atomic E-state index is -0.134. The van der Waals surface area contributed by atoms with E-state index in [9.17, 15) is 4.79 Å². The molecular weight excluding hydrogens is 447 g/mol. The van der Waals surface area contributed by atoms with E-state index in [1.165, 1.54) is 0 Å². The molecule has 2 N–H and O–H groups in total. The summed E-state index contributed by atoms with van der Waals surface area (Å²) >= 11 is 18.7. The van der Waals surface area contributed by atoms with Gasteiger partial charge in [-0.3, -0.25) is 4.79 Å². The summed E-state index contributed by atoms with van der Waals surface area (Å²) in [6.45, 7) is 3.98. The normalized spacial score (nSPS) is 14.3. The monoisotopic (exact) mass is 464 g/mol. The largest absolute Gasteiger partial charge is 0.397 e. The summed E-state index contributed by atoms with van der Waals surface area (Å²) in [6, 6.07) is 10.7. The van der Waals surface area contributed by atoms with Gasteiger partial charge in [0.2, 0.25) is 0 Å². The number of nitrogens with zero attached hydrogens (tertiary/aromatic N) is 3. The van der Waals surface area contributed by atoms with E-state index in [0.717, 1.165) is 5.69 Å². The van der Waals surface area contributed by atoms with Crippen molar-refractivity contribution >= 4 is 52.1 Å². The lowest BCUT2D eigenvalue weighted by atomic mass is 10.0. The van der Waals surface area contributed by atoms with Gasteiger partial charge in [0.1, 0.15) is 17.0 Å². The number of carbonyl (C=O) groups excluding carboxylic acids is 1. The molecule has 0 unspecified atom stereocenters. The smallest absolute Gasteiger partial charge is 0.259 e. The maximum atomic E-state index is 13.3. The Hall–Kier alpha value is -2.41. The van der Waals surface area contributed by atoms with E-state index in [4.69, 9.17) is 45.1 Å². The van der Waals surface area contributed by atoms with Crippen molar-refractivity contribution in [3.05, 3.63) is 62.8 Å². The van der Waals surface area contributed by atoms with Gasteiger partial charge in [-0.15, -0.1) is 0 Å². The van der Waals surface area contributed by atoms with Crippen molar-refractivity contribution < 1.29 is 9.32 Å². The van der Waals surface area contributed by atoms with Crippen LogP contribution in [0.15, 0.2) is 40.9 Å². The van der Waals surface area contributed by atoms with Crippen LogP contribution in [-0.2, 0) is 0 Å². The molecule has 6 nitrogen and oxygen atoms in total. The third kappa shape index (κ3) is 3.83. The van der Waals surface area contributed by atoms with Gasteiger partial charge < -0.3 is 20.1 Å². The Labute approximate surface area is 189 Å². The predicted molar refractivity (Wildman–Crippen MR) is 121 cm³/mol. The first-order chi connectivity index (χ1) is 14.4. The Bertz CT molecular complexity index is 1110. The van der Waals surface area contributed by atoms with Gasteiger partial charge in [0.25, 0.3) is 5.91 Å². The van der Waals surface area contributed by atoms with Crippen LogP contribution in [0, 0.1) is 6.92 Å². The molecule has 156 valence electrons. The van der Waals surface area contributed by atoms with Crippen LogP contribution < -0.4 is 10.6 Å². The third-order valence-corrected chi connectivity index (χ3v) is 6.14. The van der Waals surface area contributed by atoms with Crippen molar-refractivity contribution in [2.45, 2.75) is 6.92 Å². The Morgan fingerprint density at radius 2 is 1.73 bits per heavy atom. The number of hydrogen-bond donors (Lipinski definition) is 1. The minimum Gasteiger partial charge on any atom is -0.397 e. The number of nitrogens with two attached hydrogens (primary N) is 1. The molecule has 0 atom stereocenters. The zero-order valence-corrected chi connectivity index (χ0v) is 18.4. The molecule has 2 heterocycles. The summed E-state index contributed by atoms with van der Waals surface area (Å²) in [4.78, 5) is 17.2. The zero-order chi connectivity index (χ0) is 21.4. The maximum absolute atomic E-state index is 13.3. The molecule has 1 aliphatic rings. The van der Waals surface area contributed by atoms with Crippen LogP contribution in [0.2, 0.25) is 15.1 Å². The lowest BCUT2D eigenvalue weighted by molar-refractivity contribution is 0.0745. The van der Waals surface area contributed by atoms with Gasteiger partial charge in [0.15, 0.2) is 0 Å². The zero-order valence-electron chi connectivity index (χ0n) is 16.2. The fourth-order valence-corrected chi connectivity index (χ4v) is 4.29. The lowest BCUT2D eigenvalue weighted by Gasteiger charge is -2.36. The van der Waals surface area contributed by atoms with Gasteiger partial charge in [0.05, 0.1) is 26.4 Å². The van der Waals surface area contributed by atoms with Crippen molar-refractivity contribution in [2.24, 2.45) is 0 Å². The van der Waals surface area contributed by atoms with E-state index in [1.54, 1.807) is 30.0 Å². The topological polar surface area (TPSA) is 75.6 Å². The number of nitrogen functional groups attached to an aromatic ring is 1. The average Bonchev–Trinajstić information content (AvgIpc) is 3.12. The summed E-state index contributed by atoms with van der Waals surface area (Å²) in [5.41, 5.74) is 8.77. The van der Waals surface area contributed by atoms with E-state index < -0.39 is 0 Å². The number of rotatable bonds is 3. The van der Waals surface area contributed by atoms with Gasteiger partial charge in [-0.05, 0) is 25.1 Å². The molecule has 4 rings (SSSR count). The second-order valence-corrected chi connectivity index (χ2v) is 8.27. The van der Waals surface area contributed by atoms with Gasteiger partial charge in [-0.25, -0.2) is 0 Å². The van der Waals surface area contributed by atoms with Crippen LogP contribution in [0.4, 0.5) is 11.4 Å². The minimum absolute atomic E-state index is 0.134. The van der Waals surface area contributed by atoms with Gasteiger partial charge in [-0.1, -0.05) is 58.2 Å². The van der Waals surface area contributed by atoms with Crippen LogP contribution in [0.3, 0.4) is 0 Å². The van der Waals surface area contributed by atoms with Gasteiger partial charge in [-0.2, -0.15) is 0 Å². The predicted octanol–water partition coefficient (Wildman–Crippen LogP) is 5.15. The maximum Gasteiger partial charge on any atom is 0.259 e. The summed E-state index contributed by atoms with van der Waals surface area (Å²) < 4.78 is 5.34. The van der Waals surface area contributed by atoms with E-state index >= 15 is 0 Å². The van der Waals surface area contributed by atoms with E-state index in [-0.39, 0.29) is 5.91 Å². The van der Waals surface area contributed by atoms with Gasteiger partial charge in [0, 0.05) is 31.7 Å². The summed E-state index contributed by atoms with van der Waals surface area (Å²) in [6.07, 6.45) is 0. The Morgan fingerprint density at radius 1 is 1.03 bits per heavy atom. The van der Waals surface area contributed by atoms with Crippen molar-refractivity contribution in [1.82, 2.24) is 10.1 Å². The highest BCUT2D eigenvalue weighted by atomic mass is 35.5. The number of benzene rings is 2. The molecule has 0 aliphatic carbocycles. The molecule has 1 amide bonds. The number of anilines is 2. The first-order valence-electron chi connectivity index (χ1n) is 9.36. The lowest BCUT2D eigenvalue weighted by Crippen LogP contribution is -2.49. The average molecular weight is 466 g/mol. The number of carbonyl (C=O) groups is 1. The molecule has 30 heavy (non-hydrogen) atoms. The van der Waals surface area contributed by atoms with E-state index in [0.29, 0.717) is 69.5 Å². The number of halogens is 3. The molecule has 1 fully saturated rings. The van der Waals surface area contributed by atoms with E-state index in [1.807, 2.05) is 18.2 Å². The molecule has 0 radical (unpaired) electrons. The molecule has 1 aliphatic heterocycles. The Kier molecular flexibility index (Phi) is 5.82. The second-order valence-electron chi connectivity index (χ2n) is 7.05. The molecule has 0 saturated carbocycles. The molecule has 0 spiro atoms. The van der Waals surface area contributed by atoms with E-state index in [2.05, 4.69) is 10.1 Å². The highest BCUT2D eigenvalue weighted by Crippen LogP contribution is 2.35. The Balaban J connectivity index is 1.54. The highest BCUT2D eigenvalue weighted by Gasteiger charge is 2.29. The molecule has 0 bridgehead atoms. The quantitative estimate of drug-likeness (QED) is 0.541. The second kappa shape index (κ2) is 8.38. The van der Waals surface area contributed by atoms with Crippen molar-refractivity contribution in [1.29, 1.82) is 0 Å². The van der Waals surface area contributed by atoms with Crippen molar-refractivity contribution in [3.8, 4) is 11.3 Å². The third-order valence-electron chi connectivity index (χ3n) is 5.18. The fourth-order valence-electron chi connectivity index (χ4n) is 3.57.